The maximum atomic E-state index is 12.2. The van der Waals surface area contributed by atoms with Crippen molar-refractivity contribution in [2.75, 3.05) is 6.61 Å². The van der Waals surface area contributed by atoms with E-state index in [1.54, 1.807) is 24.3 Å². The number of hydrogen-bond acceptors (Lipinski definition) is 5. The highest BCUT2D eigenvalue weighted by Gasteiger charge is 2.12. The lowest BCUT2D eigenvalue weighted by Gasteiger charge is -2.13. The summed E-state index contributed by atoms with van der Waals surface area (Å²) in [5.74, 6) is 0.0736. The molecule has 154 valence electrons. The van der Waals surface area contributed by atoms with Gasteiger partial charge in [-0.15, -0.1) is 0 Å². The van der Waals surface area contributed by atoms with Crippen LogP contribution in [0.25, 0.3) is 0 Å². The highest BCUT2D eigenvalue weighted by atomic mass is 16.6. The number of benzene rings is 3. The van der Waals surface area contributed by atoms with Gasteiger partial charge in [-0.1, -0.05) is 42.5 Å². The van der Waals surface area contributed by atoms with Crippen molar-refractivity contribution in [3.63, 3.8) is 0 Å². The summed E-state index contributed by atoms with van der Waals surface area (Å²) in [7, 11) is 0. The van der Waals surface area contributed by atoms with Gasteiger partial charge in [-0.2, -0.15) is 0 Å². The molecule has 5 heteroatoms. The third kappa shape index (κ3) is 5.47. The molecule has 0 bridgehead atoms. The van der Waals surface area contributed by atoms with E-state index in [0.29, 0.717) is 17.1 Å². The van der Waals surface area contributed by atoms with Crippen molar-refractivity contribution in [3.8, 4) is 11.5 Å². The summed E-state index contributed by atoms with van der Waals surface area (Å²) >= 11 is 0. The van der Waals surface area contributed by atoms with Gasteiger partial charge in [0.2, 0.25) is 0 Å². The Balaban J connectivity index is 1.52. The van der Waals surface area contributed by atoms with Gasteiger partial charge >= 0.3 is 11.9 Å². The maximum Gasteiger partial charge on any atom is 0.349 e. The van der Waals surface area contributed by atoms with Gasteiger partial charge in [0.1, 0.15) is 18.1 Å². The molecule has 0 atom stereocenters. The van der Waals surface area contributed by atoms with Gasteiger partial charge in [-0.05, 0) is 67.3 Å². The molecule has 0 N–H and O–H groups in total. The van der Waals surface area contributed by atoms with Crippen LogP contribution in [-0.2, 0) is 16.1 Å². The van der Waals surface area contributed by atoms with Crippen LogP contribution in [0.4, 0.5) is 0 Å². The summed E-state index contributed by atoms with van der Waals surface area (Å²) in [5.41, 5.74) is 4.35. The molecule has 3 rings (SSSR count). The zero-order valence-corrected chi connectivity index (χ0v) is 17.3. The van der Waals surface area contributed by atoms with Crippen LogP contribution in [0.5, 0.6) is 11.5 Å². The maximum absolute atomic E-state index is 12.2. The Morgan fingerprint density at radius 3 is 2.17 bits per heavy atom. The number of esters is 2. The van der Waals surface area contributed by atoms with Crippen molar-refractivity contribution in [3.05, 3.63) is 94.5 Å². The van der Waals surface area contributed by atoms with Crippen LogP contribution in [0.2, 0.25) is 0 Å². The predicted molar refractivity (Wildman–Crippen MR) is 114 cm³/mol. The average Bonchev–Trinajstić information content (AvgIpc) is 2.76. The molecule has 0 aliphatic heterocycles. The largest absolute Gasteiger partial charge is 0.481 e. The number of carbonyl (C=O) groups is 2. The molecule has 0 heterocycles. The molecular weight excluding hydrogens is 380 g/mol. The zero-order valence-electron chi connectivity index (χ0n) is 17.3. The van der Waals surface area contributed by atoms with Gasteiger partial charge in [-0.25, -0.2) is 9.59 Å². The van der Waals surface area contributed by atoms with E-state index < -0.39 is 11.9 Å². The summed E-state index contributed by atoms with van der Waals surface area (Å²) in [6, 6.07) is 19.7. The number of aryl methyl sites for hydroxylation is 2. The molecule has 0 amide bonds. The molecule has 0 radical (unpaired) electrons. The van der Waals surface area contributed by atoms with Gasteiger partial charge in [0.05, 0.1) is 5.56 Å². The Labute approximate surface area is 176 Å². The lowest BCUT2D eigenvalue weighted by molar-refractivity contribution is -0.136. The Kier molecular flexibility index (Phi) is 6.86. The summed E-state index contributed by atoms with van der Waals surface area (Å²) in [4.78, 5) is 24.3. The molecule has 0 aliphatic rings. The average molecular weight is 404 g/mol. The Hall–Kier alpha value is -3.60. The lowest BCUT2D eigenvalue weighted by atomic mass is 10.1. The minimum absolute atomic E-state index is 0.200. The van der Waals surface area contributed by atoms with E-state index in [2.05, 4.69) is 0 Å². The van der Waals surface area contributed by atoms with E-state index in [-0.39, 0.29) is 13.2 Å². The Morgan fingerprint density at radius 2 is 1.47 bits per heavy atom. The fourth-order valence-electron chi connectivity index (χ4n) is 2.91. The minimum Gasteiger partial charge on any atom is -0.481 e. The normalized spacial score (nSPS) is 10.4. The number of ether oxygens (including phenoxy) is 3. The molecule has 3 aromatic rings. The molecule has 0 unspecified atom stereocenters. The van der Waals surface area contributed by atoms with Crippen molar-refractivity contribution >= 4 is 11.9 Å². The smallest absolute Gasteiger partial charge is 0.349 e. The molecule has 0 saturated carbocycles. The van der Waals surface area contributed by atoms with Crippen molar-refractivity contribution < 1.29 is 23.8 Å². The fourth-order valence-corrected chi connectivity index (χ4v) is 2.91. The van der Waals surface area contributed by atoms with Gasteiger partial charge in [0, 0.05) is 0 Å². The summed E-state index contributed by atoms with van der Waals surface area (Å²) in [5, 5.41) is 0. The standard InChI is InChI=1S/C25H24O5/c1-17-9-10-18(2)24(19(17)3)28-16-23(26)30-22-13-11-21(12-14-22)25(27)29-15-20-7-5-4-6-8-20/h4-14H,15-16H2,1-3H3. The molecule has 0 fully saturated rings. The van der Waals surface area contributed by atoms with E-state index in [4.69, 9.17) is 14.2 Å². The SMILES string of the molecule is Cc1ccc(C)c(OCC(=O)Oc2ccc(C(=O)OCc3ccccc3)cc2)c1C. The van der Waals surface area contributed by atoms with Crippen LogP contribution in [0.3, 0.4) is 0 Å². The highest BCUT2D eigenvalue weighted by Crippen LogP contribution is 2.25. The van der Waals surface area contributed by atoms with Gasteiger partial charge in [0.15, 0.2) is 6.61 Å². The third-order valence-electron chi connectivity index (χ3n) is 4.74. The second kappa shape index (κ2) is 9.74. The highest BCUT2D eigenvalue weighted by molar-refractivity contribution is 5.89. The zero-order chi connectivity index (χ0) is 21.5. The van der Waals surface area contributed by atoms with Crippen LogP contribution < -0.4 is 9.47 Å². The minimum atomic E-state index is -0.519. The van der Waals surface area contributed by atoms with Crippen molar-refractivity contribution in [1.29, 1.82) is 0 Å². The van der Waals surface area contributed by atoms with E-state index in [0.717, 1.165) is 22.3 Å². The lowest BCUT2D eigenvalue weighted by Crippen LogP contribution is -2.18. The predicted octanol–water partition coefficient (Wildman–Crippen LogP) is 4.95. The summed E-state index contributed by atoms with van der Waals surface area (Å²) < 4.78 is 16.3. The van der Waals surface area contributed by atoms with Crippen LogP contribution in [0.15, 0.2) is 66.7 Å². The summed E-state index contributed by atoms with van der Waals surface area (Å²) in [6.45, 7) is 5.88. The van der Waals surface area contributed by atoms with Crippen molar-refractivity contribution in [2.45, 2.75) is 27.4 Å². The Bertz CT molecular complexity index is 1020. The van der Waals surface area contributed by atoms with Gasteiger partial charge in [0.25, 0.3) is 0 Å². The first-order valence-electron chi connectivity index (χ1n) is 9.65. The number of hydrogen-bond donors (Lipinski definition) is 0. The first kappa shape index (κ1) is 21.1. The molecule has 0 spiro atoms. The number of rotatable bonds is 7. The van der Waals surface area contributed by atoms with Crippen molar-refractivity contribution in [2.24, 2.45) is 0 Å². The quantitative estimate of drug-likeness (QED) is 0.412. The topological polar surface area (TPSA) is 61.8 Å². The molecule has 5 nitrogen and oxygen atoms in total. The van der Waals surface area contributed by atoms with Crippen LogP contribution in [-0.4, -0.2) is 18.5 Å². The number of carbonyl (C=O) groups excluding carboxylic acids is 2. The van der Waals surface area contributed by atoms with Crippen LogP contribution >= 0.6 is 0 Å². The molecule has 3 aromatic carbocycles. The second-order valence-electron chi connectivity index (χ2n) is 7.00. The summed E-state index contributed by atoms with van der Waals surface area (Å²) in [6.07, 6.45) is 0. The first-order valence-corrected chi connectivity index (χ1v) is 9.65. The van der Waals surface area contributed by atoms with Gasteiger partial charge in [-0.3, -0.25) is 0 Å². The van der Waals surface area contributed by atoms with Gasteiger partial charge < -0.3 is 14.2 Å². The molecule has 30 heavy (non-hydrogen) atoms. The molecule has 0 aliphatic carbocycles. The first-order chi connectivity index (χ1) is 14.4. The van der Waals surface area contributed by atoms with E-state index in [1.165, 1.54) is 0 Å². The fraction of sp³-hybridized carbons (Fsp3) is 0.200. The molecule has 0 aromatic heterocycles. The third-order valence-corrected chi connectivity index (χ3v) is 4.74. The van der Waals surface area contributed by atoms with Crippen LogP contribution in [0.1, 0.15) is 32.6 Å². The molecule has 0 saturated heterocycles. The van der Waals surface area contributed by atoms with E-state index in [9.17, 15) is 9.59 Å². The van der Waals surface area contributed by atoms with E-state index >= 15 is 0 Å². The Morgan fingerprint density at radius 1 is 0.800 bits per heavy atom. The molecular formula is C25H24O5. The van der Waals surface area contributed by atoms with Crippen LogP contribution in [0, 0.1) is 20.8 Å². The second-order valence-corrected chi connectivity index (χ2v) is 7.00. The van der Waals surface area contributed by atoms with E-state index in [1.807, 2.05) is 63.2 Å². The monoisotopic (exact) mass is 404 g/mol. The van der Waals surface area contributed by atoms with Crippen molar-refractivity contribution in [1.82, 2.24) is 0 Å².